The highest BCUT2D eigenvalue weighted by atomic mass is 16.2. The number of urea groups is 1. The lowest BCUT2D eigenvalue weighted by atomic mass is 10.1. The van der Waals surface area contributed by atoms with E-state index in [2.05, 4.69) is 19.2 Å². The molecule has 3 atom stereocenters. The number of hydrogen-bond acceptors (Lipinski definition) is 2. The van der Waals surface area contributed by atoms with E-state index in [-0.39, 0.29) is 18.0 Å². The number of amides is 3. The molecule has 1 aliphatic carbocycles. The first kappa shape index (κ1) is 13.2. The van der Waals surface area contributed by atoms with E-state index < -0.39 is 6.04 Å². The van der Waals surface area contributed by atoms with Gasteiger partial charge in [-0.05, 0) is 23.8 Å². The molecule has 3 rings (SSSR count). The molecule has 1 saturated heterocycles. The van der Waals surface area contributed by atoms with Gasteiger partial charge in [0.15, 0.2) is 0 Å². The van der Waals surface area contributed by atoms with Gasteiger partial charge in [-0.2, -0.15) is 0 Å². The summed E-state index contributed by atoms with van der Waals surface area (Å²) in [6.45, 7) is 4.29. The number of rotatable bonds is 4. The monoisotopic (exact) mass is 272 g/mol. The number of carbonyl (C=O) groups excluding carboxylic acids is 2. The number of carbonyl (C=O) groups is 2. The van der Waals surface area contributed by atoms with Gasteiger partial charge in [0.2, 0.25) is 0 Å². The van der Waals surface area contributed by atoms with Gasteiger partial charge in [-0.1, -0.05) is 44.2 Å². The smallest absolute Gasteiger partial charge is 0.325 e. The molecule has 1 aromatic rings. The van der Waals surface area contributed by atoms with Crippen LogP contribution in [-0.2, 0) is 11.2 Å². The van der Waals surface area contributed by atoms with Crippen LogP contribution in [0.3, 0.4) is 0 Å². The van der Waals surface area contributed by atoms with Crippen LogP contribution in [0.25, 0.3) is 0 Å². The van der Waals surface area contributed by atoms with Gasteiger partial charge in [0.05, 0.1) is 0 Å². The molecule has 20 heavy (non-hydrogen) atoms. The molecular weight excluding hydrogens is 252 g/mol. The van der Waals surface area contributed by atoms with Crippen LogP contribution < -0.4 is 5.32 Å². The molecule has 1 N–H and O–H groups in total. The SMILES string of the molecule is CC(C)[C@@H]1C[C@H]1N1C(=O)NC(Cc2ccccc2)C1=O. The zero-order valence-corrected chi connectivity index (χ0v) is 11.9. The fraction of sp³-hybridized carbons (Fsp3) is 0.500. The van der Waals surface area contributed by atoms with E-state index in [1.807, 2.05) is 30.3 Å². The molecule has 3 amide bonds. The molecule has 1 saturated carbocycles. The molecule has 0 spiro atoms. The van der Waals surface area contributed by atoms with Gasteiger partial charge >= 0.3 is 6.03 Å². The third-order valence-corrected chi connectivity index (χ3v) is 4.33. The predicted octanol–water partition coefficient (Wildman–Crippen LogP) is 2.19. The predicted molar refractivity (Wildman–Crippen MR) is 76.0 cm³/mol. The van der Waals surface area contributed by atoms with Crippen LogP contribution in [-0.4, -0.2) is 28.9 Å². The molecule has 1 unspecified atom stereocenters. The van der Waals surface area contributed by atoms with Crippen molar-refractivity contribution in [2.45, 2.75) is 38.8 Å². The molecule has 2 aliphatic rings. The van der Waals surface area contributed by atoms with E-state index in [9.17, 15) is 9.59 Å². The van der Waals surface area contributed by atoms with Crippen molar-refractivity contribution in [2.24, 2.45) is 11.8 Å². The molecule has 106 valence electrons. The van der Waals surface area contributed by atoms with Crippen molar-refractivity contribution in [3.8, 4) is 0 Å². The molecule has 1 aliphatic heterocycles. The summed E-state index contributed by atoms with van der Waals surface area (Å²) in [7, 11) is 0. The van der Waals surface area contributed by atoms with Crippen molar-refractivity contribution >= 4 is 11.9 Å². The largest absolute Gasteiger partial charge is 0.325 e. The molecule has 4 nitrogen and oxygen atoms in total. The lowest BCUT2D eigenvalue weighted by molar-refractivity contribution is -0.128. The number of nitrogens with one attached hydrogen (secondary N) is 1. The second kappa shape index (κ2) is 4.93. The van der Waals surface area contributed by atoms with Crippen LogP contribution in [0.1, 0.15) is 25.8 Å². The maximum atomic E-state index is 12.4. The molecular formula is C16H20N2O2. The highest BCUT2D eigenvalue weighted by Gasteiger charge is 2.52. The fourth-order valence-electron chi connectivity index (χ4n) is 3.06. The van der Waals surface area contributed by atoms with Gasteiger partial charge in [-0.15, -0.1) is 0 Å². The van der Waals surface area contributed by atoms with E-state index in [0.717, 1.165) is 12.0 Å². The highest BCUT2D eigenvalue weighted by Crippen LogP contribution is 2.42. The summed E-state index contributed by atoms with van der Waals surface area (Å²) >= 11 is 0. The van der Waals surface area contributed by atoms with E-state index in [0.29, 0.717) is 18.3 Å². The zero-order valence-electron chi connectivity index (χ0n) is 11.9. The van der Waals surface area contributed by atoms with Crippen LogP contribution in [0.5, 0.6) is 0 Å². The lowest BCUT2D eigenvalue weighted by Gasteiger charge is -2.14. The van der Waals surface area contributed by atoms with Gasteiger partial charge in [0, 0.05) is 12.5 Å². The highest BCUT2D eigenvalue weighted by molar-refractivity contribution is 6.05. The van der Waals surface area contributed by atoms with Crippen molar-refractivity contribution in [1.29, 1.82) is 0 Å². The van der Waals surface area contributed by atoms with Crippen molar-refractivity contribution in [3.63, 3.8) is 0 Å². The fourth-order valence-corrected chi connectivity index (χ4v) is 3.06. The van der Waals surface area contributed by atoms with Crippen LogP contribution >= 0.6 is 0 Å². The van der Waals surface area contributed by atoms with Gasteiger partial charge in [0.25, 0.3) is 5.91 Å². The van der Waals surface area contributed by atoms with Gasteiger partial charge in [-0.25, -0.2) is 4.79 Å². The molecule has 1 heterocycles. The minimum Gasteiger partial charge on any atom is -0.325 e. The van der Waals surface area contributed by atoms with Gasteiger partial charge in [0.1, 0.15) is 6.04 Å². The Morgan fingerprint density at radius 1 is 1.25 bits per heavy atom. The van der Waals surface area contributed by atoms with Gasteiger partial charge in [-0.3, -0.25) is 9.69 Å². The lowest BCUT2D eigenvalue weighted by Crippen LogP contribution is -2.35. The summed E-state index contributed by atoms with van der Waals surface area (Å²) in [6.07, 6.45) is 1.52. The molecule has 2 fully saturated rings. The minimum absolute atomic E-state index is 0.0630. The molecule has 4 heteroatoms. The Kier molecular flexibility index (Phi) is 3.24. The minimum atomic E-state index is -0.404. The second-order valence-corrected chi connectivity index (χ2v) is 6.11. The van der Waals surface area contributed by atoms with E-state index >= 15 is 0 Å². The van der Waals surface area contributed by atoms with Crippen LogP contribution in [0.4, 0.5) is 4.79 Å². The standard InChI is InChI=1S/C16H20N2O2/c1-10(2)12-9-14(12)18-15(19)13(17-16(18)20)8-11-6-4-3-5-7-11/h3-7,10,12-14H,8-9H2,1-2H3,(H,17,20)/t12-,13?,14+/m0/s1. The van der Waals surface area contributed by atoms with Crippen molar-refractivity contribution < 1.29 is 9.59 Å². The Bertz CT molecular complexity index is 527. The number of nitrogens with zero attached hydrogens (tertiary/aromatic N) is 1. The molecule has 0 radical (unpaired) electrons. The summed E-state index contributed by atoms with van der Waals surface area (Å²) in [6, 6.07) is 9.30. The van der Waals surface area contributed by atoms with E-state index in [1.54, 1.807) is 0 Å². The normalized spacial score (nSPS) is 28.9. The average molecular weight is 272 g/mol. The quantitative estimate of drug-likeness (QED) is 0.854. The first-order valence-electron chi connectivity index (χ1n) is 7.25. The zero-order chi connectivity index (χ0) is 14.3. The summed E-state index contributed by atoms with van der Waals surface area (Å²) in [4.78, 5) is 25.9. The van der Waals surface area contributed by atoms with E-state index in [4.69, 9.17) is 0 Å². The van der Waals surface area contributed by atoms with Crippen LogP contribution in [0.2, 0.25) is 0 Å². The van der Waals surface area contributed by atoms with Crippen LogP contribution in [0, 0.1) is 11.8 Å². The Balaban J connectivity index is 1.68. The van der Waals surface area contributed by atoms with Crippen molar-refractivity contribution in [2.75, 3.05) is 0 Å². The number of hydrogen-bond donors (Lipinski definition) is 1. The summed E-state index contributed by atoms with van der Waals surface area (Å²) in [5, 5.41) is 2.82. The number of benzene rings is 1. The topological polar surface area (TPSA) is 49.4 Å². The number of imide groups is 1. The first-order chi connectivity index (χ1) is 9.58. The molecule has 1 aromatic carbocycles. The summed E-state index contributed by atoms with van der Waals surface area (Å²) in [5.74, 6) is 0.931. The summed E-state index contributed by atoms with van der Waals surface area (Å²) in [5.41, 5.74) is 1.07. The van der Waals surface area contributed by atoms with E-state index in [1.165, 1.54) is 4.90 Å². The Morgan fingerprint density at radius 2 is 1.95 bits per heavy atom. The van der Waals surface area contributed by atoms with Crippen LogP contribution in [0.15, 0.2) is 30.3 Å². The van der Waals surface area contributed by atoms with Crippen molar-refractivity contribution in [3.05, 3.63) is 35.9 Å². The summed E-state index contributed by atoms with van der Waals surface area (Å²) < 4.78 is 0. The van der Waals surface area contributed by atoms with Gasteiger partial charge < -0.3 is 5.32 Å². The second-order valence-electron chi connectivity index (χ2n) is 6.11. The first-order valence-corrected chi connectivity index (χ1v) is 7.25. The molecule has 0 bridgehead atoms. The Morgan fingerprint density at radius 3 is 2.55 bits per heavy atom. The maximum absolute atomic E-state index is 12.4. The Labute approximate surface area is 119 Å². The maximum Gasteiger partial charge on any atom is 0.325 e. The Hall–Kier alpha value is -1.84. The average Bonchev–Trinajstić information content (AvgIpc) is 3.14. The third-order valence-electron chi connectivity index (χ3n) is 4.33. The molecule has 0 aromatic heterocycles. The third kappa shape index (κ3) is 2.30. The van der Waals surface area contributed by atoms with Crippen molar-refractivity contribution in [1.82, 2.24) is 10.2 Å².